The molecule has 0 aliphatic carbocycles. The first-order valence-corrected chi connectivity index (χ1v) is 5.72. The van der Waals surface area contributed by atoms with Gasteiger partial charge in [0.25, 0.3) is 0 Å². The third-order valence-electron chi connectivity index (χ3n) is 2.71. The molecule has 0 heterocycles. The lowest BCUT2D eigenvalue weighted by Gasteiger charge is -2.16. The molecule has 18 heavy (non-hydrogen) atoms. The van der Waals surface area contributed by atoms with Gasteiger partial charge in [-0.15, -0.1) is 6.58 Å². The normalized spacial score (nSPS) is 9.83. The zero-order chi connectivity index (χ0) is 13.5. The predicted molar refractivity (Wildman–Crippen MR) is 69.6 cm³/mol. The topological polar surface area (TPSA) is 57.6 Å². The Bertz CT molecular complexity index is 454. The van der Waals surface area contributed by atoms with Gasteiger partial charge in [0.2, 0.25) is 5.91 Å². The summed E-state index contributed by atoms with van der Waals surface area (Å²) in [6, 6.07) is 6.84. The molecule has 4 nitrogen and oxygen atoms in total. The van der Waals surface area contributed by atoms with Crippen LogP contribution in [0.25, 0.3) is 0 Å². The van der Waals surface area contributed by atoms with E-state index in [4.69, 9.17) is 5.11 Å². The number of benzene rings is 1. The number of carboxylic acid groups (broad SMARTS) is 1. The second kappa shape index (κ2) is 6.59. The van der Waals surface area contributed by atoms with E-state index in [2.05, 4.69) is 6.58 Å². The van der Waals surface area contributed by atoms with E-state index < -0.39 is 5.97 Å². The number of amides is 1. The number of nitrogens with zero attached hydrogens (tertiary/aromatic N) is 1. The van der Waals surface area contributed by atoms with Crippen LogP contribution in [0.2, 0.25) is 0 Å². The number of carboxylic acids is 1. The highest BCUT2D eigenvalue weighted by Gasteiger charge is 2.11. The Morgan fingerprint density at radius 2 is 2.06 bits per heavy atom. The Morgan fingerprint density at radius 1 is 1.39 bits per heavy atom. The number of carbonyl (C=O) groups is 2. The lowest BCUT2D eigenvalue weighted by molar-refractivity contribution is -0.128. The van der Waals surface area contributed by atoms with Crippen LogP contribution >= 0.6 is 0 Å². The molecule has 1 aromatic rings. The van der Waals surface area contributed by atoms with E-state index in [-0.39, 0.29) is 5.91 Å². The molecule has 0 bridgehead atoms. The van der Waals surface area contributed by atoms with Gasteiger partial charge in [-0.05, 0) is 18.1 Å². The molecule has 0 aliphatic heterocycles. The van der Waals surface area contributed by atoms with Crippen molar-refractivity contribution in [1.29, 1.82) is 0 Å². The van der Waals surface area contributed by atoms with E-state index in [0.29, 0.717) is 24.9 Å². The summed E-state index contributed by atoms with van der Waals surface area (Å²) in [5, 5.41) is 9.03. The fourth-order valence-corrected chi connectivity index (χ4v) is 1.64. The van der Waals surface area contributed by atoms with Crippen molar-refractivity contribution in [2.45, 2.75) is 12.8 Å². The highest BCUT2D eigenvalue weighted by Crippen LogP contribution is 2.10. The first-order chi connectivity index (χ1) is 8.56. The second-order valence-electron chi connectivity index (χ2n) is 4.02. The molecule has 1 amide bonds. The summed E-state index contributed by atoms with van der Waals surface area (Å²) in [5.41, 5.74) is 1.03. The first kappa shape index (κ1) is 14.0. The van der Waals surface area contributed by atoms with E-state index in [1.54, 1.807) is 42.3 Å². The quantitative estimate of drug-likeness (QED) is 0.782. The Balaban J connectivity index is 2.66. The SMILES string of the molecule is C=CCC(=O)N(C)CCc1ccccc1C(=O)O. The van der Waals surface area contributed by atoms with Crippen molar-refractivity contribution >= 4 is 11.9 Å². The van der Waals surface area contributed by atoms with Gasteiger partial charge in [0.05, 0.1) is 5.56 Å². The molecule has 0 aromatic heterocycles. The van der Waals surface area contributed by atoms with Crippen LogP contribution < -0.4 is 0 Å². The van der Waals surface area contributed by atoms with Crippen LogP contribution in [0.3, 0.4) is 0 Å². The molecule has 0 unspecified atom stereocenters. The minimum absolute atomic E-state index is 0.0159. The average molecular weight is 247 g/mol. The van der Waals surface area contributed by atoms with Gasteiger partial charge in [-0.2, -0.15) is 0 Å². The predicted octanol–water partition coefficient (Wildman–Crippen LogP) is 1.96. The molecule has 0 aliphatic rings. The lowest BCUT2D eigenvalue weighted by atomic mass is 10.0. The number of hydrogen-bond donors (Lipinski definition) is 1. The van der Waals surface area contributed by atoms with Crippen molar-refractivity contribution in [3.05, 3.63) is 48.0 Å². The standard InChI is InChI=1S/C14H17NO3/c1-3-6-13(16)15(2)10-9-11-7-4-5-8-12(11)14(17)18/h3-5,7-8H,1,6,9-10H2,2H3,(H,17,18). The van der Waals surface area contributed by atoms with Gasteiger partial charge in [-0.25, -0.2) is 4.79 Å². The van der Waals surface area contributed by atoms with Crippen molar-refractivity contribution in [3.8, 4) is 0 Å². The van der Waals surface area contributed by atoms with Crippen LogP contribution in [-0.4, -0.2) is 35.5 Å². The summed E-state index contributed by atoms with van der Waals surface area (Å²) in [6.07, 6.45) is 2.39. The third-order valence-corrected chi connectivity index (χ3v) is 2.71. The van der Waals surface area contributed by atoms with Crippen molar-refractivity contribution < 1.29 is 14.7 Å². The molecule has 1 rings (SSSR count). The maximum Gasteiger partial charge on any atom is 0.335 e. The lowest BCUT2D eigenvalue weighted by Crippen LogP contribution is -2.28. The van der Waals surface area contributed by atoms with Crippen molar-refractivity contribution in [2.75, 3.05) is 13.6 Å². The van der Waals surface area contributed by atoms with Crippen LogP contribution in [0.4, 0.5) is 0 Å². The fraction of sp³-hybridized carbons (Fsp3) is 0.286. The number of rotatable bonds is 6. The van der Waals surface area contributed by atoms with Gasteiger partial charge >= 0.3 is 5.97 Å². The monoisotopic (exact) mass is 247 g/mol. The van der Waals surface area contributed by atoms with Crippen LogP contribution in [0, 0.1) is 0 Å². The second-order valence-corrected chi connectivity index (χ2v) is 4.02. The molecule has 1 aromatic carbocycles. The van der Waals surface area contributed by atoms with E-state index in [1.165, 1.54) is 0 Å². The average Bonchev–Trinajstić information content (AvgIpc) is 2.36. The third kappa shape index (κ3) is 3.73. The van der Waals surface area contributed by atoms with Crippen molar-refractivity contribution in [2.24, 2.45) is 0 Å². The summed E-state index contributed by atoms with van der Waals surface area (Å²) in [4.78, 5) is 24.1. The summed E-state index contributed by atoms with van der Waals surface area (Å²) >= 11 is 0. The zero-order valence-electron chi connectivity index (χ0n) is 10.4. The molecule has 0 spiro atoms. The highest BCUT2D eigenvalue weighted by molar-refractivity contribution is 5.89. The minimum atomic E-state index is -0.939. The molecule has 4 heteroatoms. The molecule has 1 N–H and O–H groups in total. The summed E-state index contributed by atoms with van der Waals surface area (Å²) in [5.74, 6) is -0.955. The van der Waals surface area contributed by atoms with E-state index in [9.17, 15) is 9.59 Å². The van der Waals surface area contributed by atoms with E-state index >= 15 is 0 Å². The Kier molecular flexibility index (Phi) is 5.11. The van der Waals surface area contributed by atoms with Crippen LogP contribution in [0.5, 0.6) is 0 Å². The molecule has 0 fully saturated rings. The van der Waals surface area contributed by atoms with Crippen LogP contribution in [-0.2, 0) is 11.2 Å². The van der Waals surface area contributed by atoms with Gasteiger partial charge in [-0.1, -0.05) is 24.3 Å². The number of aromatic carboxylic acids is 1. The molecule has 96 valence electrons. The Morgan fingerprint density at radius 3 is 2.67 bits per heavy atom. The largest absolute Gasteiger partial charge is 0.478 e. The minimum Gasteiger partial charge on any atom is -0.478 e. The van der Waals surface area contributed by atoms with Gasteiger partial charge < -0.3 is 10.0 Å². The molecule has 0 saturated heterocycles. The van der Waals surface area contributed by atoms with Gasteiger partial charge in [0, 0.05) is 20.0 Å². The fourth-order valence-electron chi connectivity index (χ4n) is 1.64. The first-order valence-electron chi connectivity index (χ1n) is 5.72. The molecular weight excluding hydrogens is 230 g/mol. The highest BCUT2D eigenvalue weighted by atomic mass is 16.4. The van der Waals surface area contributed by atoms with Crippen LogP contribution in [0.15, 0.2) is 36.9 Å². The van der Waals surface area contributed by atoms with Gasteiger partial charge in [0.15, 0.2) is 0 Å². The number of likely N-dealkylation sites (N-methyl/N-ethyl adjacent to an activating group) is 1. The molecule has 0 saturated carbocycles. The van der Waals surface area contributed by atoms with Gasteiger partial charge in [0.1, 0.15) is 0 Å². The van der Waals surface area contributed by atoms with E-state index in [0.717, 1.165) is 5.56 Å². The summed E-state index contributed by atoms with van der Waals surface area (Å²) in [6.45, 7) is 4.01. The van der Waals surface area contributed by atoms with Crippen LogP contribution in [0.1, 0.15) is 22.3 Å². The molecule has 0 atom stereocenters. The number of hydrogen-bond acceptors (Lipinski definition) is 2. The Labute approximate surface area is 107 Å². The number of carbonyl (C=O) groups excluding carboxylic acids is 1. The molecule has 0 radical (unpaired) electrons. The van der Waals surface area contributed by atoms with E-state index in [1.807, 2.05) is 0 Å². The molecular formula is C14H17NO3. The smallest absolute Gasteiger partial charge is 0.335 e. The Hall–Kier alpha value is -2.10. The summed E-state index contributed by atoms with van der Waals surface area (Å²) < 4.78 is 0. The zero-order valence-corrected chi connectivity index (χ0v) is 10.4. The maximum absolute atomic E-state index is 11.5. The van der Waals surface area contributed by atoms with Gasteiger partial charge in [-0.3, -0.25) is 4.79 Å². The van der Waals surface area contributed by atoms with Crippen molar-refractivity contribution in [1.82, 2.24) is 4.90 Å². The maximum atomic E-state index is 11.5. The summed E-state index contributed by atoms with van der Waals surface area (Å²) in [7, 11) is 1.70. The van der Waals surface area contributed by atoms with Crippen molar-refractivity contribution in [3.63, 3.8) is 0 Å².